The Morgan fingerprint density at radius 1 is 1.00 bits per heavy atom. The van der Waals surface area contributed by atoms with Gasteiger partial charge in [-0.3, -0.25) is 0 Å². The monoisotopic (exact) mass is 485 g/mol. The maximum Gasteiger partial charge on any atom is 0.225 e. The van der Waals surface area contributed by atoms with Crippen molar-refractivity contribution in [3.05, 3.63) is 66.0 Å². The van der Waals surface area contributed by atoms with Gasteiger partial charge in [0.25, 0.3) is 0 Å². The maximum atomic E-state index is 14.7. The molecule has 2 aromatic carbocycles. The summed E-state index contributed by atoms with van der Waals surface area (Å²) in [6, 6.07) is 8.32. The van der Waals surface area contributed by atoms with Gasteiger partial charge in [0.05, 0.1) is 11.5 Å². The number of anilines is 1. The Labute approximate surface area is 197 Å². The molecule has 0 spiro atoms. The van der Waals surface area contributed by atoms with Crippen LogP contribution < -0.4 is 9.64 Å². The molecule has 5 rings (SSSR count). The molecule has 3 aromatic rings. The van der Waals surface area contributed by atoms with Gasteiger partial charge in [0.1, 0.15) is 0 Å². The Balaban J connectivity index is 1.20. The van der Waals surface area contributed by atoms with Crippen LogP contribution in [0.2, 0.25) is 0 Å². The normalized spacial score (nSPS) is 21.4. The van der Waals surface area contributed by atoms with Crippen molar-refractivity contribution >= 4 is 15.8 Å². The second kappa shape index (κ2) is 8.61. The smallest absolute Gasteiger partial charge is 0.225 e. The quantitative estimate of drug-likeness (QED) is 0.501. The molecule has 9 heteroatoms. The predicted molar refractivity (Wildman–Crippen MR) is 124 cm³/mol. The average Bonchev–Trinajstić information content (AvgIpc) is 3.26. The molecule has 1 aliphatic heterocycles. The largest absolute Gasteiger partial charge is 0.487 e. The van der Waals surface area contributed by atoms with Crippen molar-refractivity contribution in [1.29, 1.82) is 0 Å². The molecule has 3 atom stereocenters. The fourth-order valence-electron chi connectivity index (χ4n) is 4.69. The summed E-state index contributed by atoms with van der Waals surface area (Å²) in [5.74, 6) is -0.134. The van der Waals surface area contributed by atoms with E-state index in [0.717, 1.165) is 37.3 Å². The van der Waals surface area contributed by atoms with Crippen molar-refractivity contribution in [3.8, 4) is 16.9 Å². The summed E-state index contributed by atoms with van der Waals surface area (Å²) >= 11 is 0. The highest BCUT2D eigenvalue weighted by Gasteiger charge is 2.56. The fraction of sp³-hybridized carbons (Fsp3) is 0.360. The van der Waals surface area contributed by atoms with Crippen molar-refractivity contribution in [1.82, 2.24) is 9.97 Å². The zero-order valence-electron chi connectivity index (χ0n) is 18.9. The van der Waals surface area contributed by atoms with E-state index in [0.29, 0.717) is 23.0 Å². The van der Waals surface area contributed by atoms with E-state index in [-0.39, 0.29) is 23.2 Å². The highest BCUT2D eigenvalue weighted by Crippen LogP contribution is 2.52. The third kappa shape index (κ3) is 4.36. The van der Waals surface area contributed by atoms with E-state index in [4.69, 9.17) is 4.74 Å². The highest BCUT2D eigenvalue weighted by atomic mass is 32.2. The molecule has 1 saturated heterocycles. The van der Waals surface area contributed by atoms with Crippen LogP contribution in [-0.2, 0) is 16.3 Å². The molecule has 34 heavy (non-hydrogen) atoms. The molecule has 2 aliphatic rings. The lowest BCUT2D eigenvalue weighted by Gasteiger charge is -2.20. The lowest BCUT2D eigenvalue weighted by Crippen LogP contribution is -2.27. The SMILES string of the molecule is CCc1cnc(N2CC3[C@@H](COc4c(F)cc(-c5ccc(S(C)(=O)=O)cc5)cc4F)[C@@H]3C2)nc1. The number of sulfone groups is 1. The van der Waals surface area contributed by atoms with Gasteiger partial charge >= 0.3 is 0 Å². The number of halogens is 2. The van der Waals surface area contributed by atoms with Crippen LogP contribution in [0, 0.1) is 29.4 Å². The Kier molecular flexibility index (Phi) is 5.75. The Hall–Kier alpha value is -3.07. The van der Waals surface area contributed by atoms with Crippen molar-refractivity contribution < 1.29 is 21.9 Å². The third-order valence-corrected chi connectivity index (χ3v) is 7.92. The van der Waals surface area contributed by atoms with Crippen molar-refractivity contribution in [2.24, 2.45) is 17.8 Å². The first-order valence-corrected chi connectivity index (χ1v) is 13.1. The van der Waals surface area contributed by atoms with Crippen LogP contribution in [0.15, 0.2) is 53.7 Å². The zero-order valence-corrected chi connectivity index (χ0v) is 19.7. The van der Waals surface area contributed by atoms with E-state index < -0.39 is 21.5 Å². The van der Waals surface area contributed by atoms with E-state index in [1.807, 2.05) is 12.4 Å². The molecule has 0 amide bonds. The summed E-state index contributed by atoms with van der Waals surface area (Å²) in [5, 5.41) is 0. The van der Waals surface area contributed by atoms with E-state index in [1.54, 1.807) is 0 Å². The Bertz CT molecular complexity index is 1280. The average molecular weight is 486 g/mol. The summed E-state index contributed by atoms with van der Waals surface area (Å²) in [5.41, 5.74) is 1.93. The van der Waals surface area contributed by atoms with E-state index in [9.17, 15) is 17.2 Å². The number of ether oxygens (including phenoxy) is 1. The molecule has 0 N–H and O–H groups in total. The van der Waals surface area contributed by atoms with Gasteiger partial charge in [-0.15, -0.1) is 0 Å². The third-order valence-electron chi connectivity index (χ3n) is 6.79. The van der Waals surface area contributed by atoms with Gasteiger partial charge in [-0.05, 0) is 59.2 Å². The van der Waals surface area contributed by atoms with Gasteiger partial charge in [0.2, 0.25) is 5.95 Å². The summed E-state index contributed by atoms with van der Waals surface area (Å²) in [6.07, 6.45) is 5.70. The van der Waals surface area contributed by atoms with Gasteiger partial charge in [-0.2, -0.15) is 0 Å². The molecule has 2 heterocycles. The lowest BCUT2D eigenvalue weighted by molar-refractivity contribution is 0.257. The van der Waals surface area contributed by atoms with Crippen molar-refractivity contribution in [2.45, 2.75) is 18.2 Å². The molecule has 2 fully saturated rings. The van der Waals surface area contributed by atoms with Gasteiger partial charge in [0, 0.05) is 37.7 Å². The topological polar surface area (TPSA) is 72.4 Å². The lowest BCUT2D eigenvalue weighted by atomic mass is 10.1. The number of nitrogens with zero attached hydrogens (tertiary/aromatic N) is 3. The number of fused-ring (bicyclic) bond motifs is 1. The minimum atomic E-state index is -3.34. The van der Waals surface area contributed by atoms with Crippen LogP contribution in [0.4, 0.5) is 14.7 Å². The summed E-state index contributed by atoms with van der Waals surface area (Å²) in [6.45, 7) is 3.95. The summed E-state index contributed by atoms with van der Waals surface area (Å²) in [7, 11) is -3.34. The molecular weight excluding hydrogens is 460 g/mol. The number of aromatic nitrogens is 2. The Morgan fingerprint density at radius 2 is 1.59 bits per heavy atom. The first-order valence-electron chi connectivity index (χ1n) is 11.2. The number of hydrogen-bond acceptors (Lipinski definition) is 6. The van der Waals surface area contributed by atoms with Gasteiger partial charge < -0.3 is 9.64 Å². The minimum absolute atomic E-state index is 0.148. The van der Waals surface area contributed by atoms with Crippen LogP contribution in [-0.4, -0.2) is 44.3 Å². The molecule has 6 nitrogen and oxygen atoms in total. The maximum absolute atomic E-state index is 14.7. The first-order chi connectivity index (χ1) is 16.2. The first kappa shape index (κ1) is 22.7. The van der Waals surface area contributed by atoms with Gasteiger partial charge in [-0.25, -0.2) is 27.2 Å². The van der Waals surface area contributed by atoms with Crippen molar-refractivity contribution in [2.75, 3.05) is 30.9 Å². The number of piperidine rings is 1. The van der Waals surface area contributed by atoms with Crippen LogP contribution in [0.3, 0.4) is 0 Å². The fourth-order valence-corrected chi connectivity index (χ4v) is 5.32. The van der Waals surface area contributed by atoms with E-state index in [2.05, 4.69) is 21.8 Å². The van der Waals surface area contributed by atoms with E-state index in [1.165, 1.54) is 36.4 Å². The van der Waals surface area contributed by atoms with Crippen molar-refractivity contribution in [3.63, 3.8) is 0 Å². The van der Waals surface area contributed by atoms with Gasteiger partial charge in [-0.1, -0.05) is 19.1 Å². The zero-order chi connectivity index (χ0) is 24.0. The second-order valence-electron chi connectivity index (χ2n) is 9.02. The molecule has 0 bridgehead atoms. The number of hydrogen-bond donors (Lipinski definition) is 0. The summed E-state index contributed by atoms with van der Waals surface area (Å²) < 4.78 is 58.2. The molecule has 1 unspecified atom stereocenters. The van der Waals surface area contributed by atoms with Crippen LogP contribution >= 0.6 is 0 Å². The summed E-state index contributed by atoms with van der Waals surface area (Å²) in [4.78, 5) is 11.2. The molecule has 1 aromatic heterocycles. The second-order valence-corrected chi connectivity index (χ2v) is 11.0. The van der Waals surface area contributed by atoms with Crippen LogP contribution in [0.25, 0.3) is 11.1 Å². The molecular formula is C25H25F2N3O3S. The highest BCUT2D eigenvalue weighted by molar-refractivity contribution is 7.90. The minimum Gasteiger partial charge on any atom is -0.487 e. The standard InChI is InChI=1S/C25H25F2N3O3S/c1-3-15-10-28-25(29-11-15)30-12-19-20(13-30)21(19)14-33-24-22(26)8-17(9-23(24)27)16-4-6-18(7-5-16)34(2,31)32/h4-11,19-21H,3,12-14H2,1-2H3/t19-,20?,21+/m1/s1. The molecule has 178 valence electrons. The van der Waals surface area contributed by atoms with Crippen LogP contribution in [0.5, 0.6) is 5.75 Å². The molecule has 0 radical (unpaired) electrons. The molecule has 1 aliphatic carbocycles. The predicted octanol–water partition coefficient (Wildman–Crippen LogP) is 4.15. The van der Waals surface area contributed by atoms with Gasteiger partial charge in [0.15, 0.2) is 27.2 Å². The number of aryl methyl sites for hydroxylation is 1. The van der Waals surface area contributed by atoms with Crippen LogP contribution in [0.1, 0.15) is 12.5 Å². The number of benzene rings is 2. The molecule has 1 saturated carbocycles. The Morgan fingerprint density at radius 3 is 2.12 bits per heavy atom. The number of rotatable bonds is 7. The van der Waals surface area contributed by atoms with E-state index >= 15 is 0 Å².